The van der Waals surface area contributed by atoms with E-state index in [2.05, 4.69) is 34.1 Å². The second kappa shape index (κ2) is 5.65. The normalized spacial score (nSPS) is 10.7. The lowest BCUT2D eigenvalue weighted by Crippen LogP contribution is -1.95. The molecular weight excluding hydrogens is 314 g/mol. The summed E-state index contributed by atoms with van der Waals surface area (Å²) in [5.41, 5.74) is 6.68. The summed E-state index contributed by atoms with van der Waals surface area (Å²) in [7, 11) is 0. The molecule has 3 aromatic rings. The first-order chi connectivity index (χ1) is 9.78. The van der Waals surface area contributed by atoms with Gasteiger partial charge in [-0.25, -0.2) is 0 Å². The lowest BCUT2D eigenvalue weighted by atomic mass is 10.1. The van der Waals surface area contributed by atoms with E-state index in [0.29, 0.717) is 6.54 Å². The van der Waals surface area contributed by atoms with E-state index in [4.69, 9.17) is 10.5 Å². The van der Waals surface area contributed by atoms with Crippen LogP contribution in [0.2, 0.25) is 0 Å². The third-order valence-corrected chi connectivity index (χ3v) is 4.03. The molecule has 0 spiro atoms. The minimum Gasteiger partial charge on any atom is -0.456 e. The van der Waals surface area contributed by atoms with Crippen LogP contribution in [0.3, 0.4) is 0 Å². The van der Waals surface area contributed by atoms with Crippen molar-refractivity contribution in [3.63, 3.8) is 0 Å². The van der Waals surface area contributed by atoms with Gasteiger partial charge in [-0.05, 0) is 50.5 Å². The quantitative estimate of drug-likeness (QED) is 0.746. The molecule has 0 atom stereocenters. The van der Waals surface area contributed by atoms with Crippen LogP contribution in [-0.2, 0) is 6.54 Å². The zero-order chi connectivity index (χ0) is 13.9. The van der Waals surface area contributed by atoms with E-state index in [1.807, 2.05) is 42.5 Å². The first-order valence-corrected chi connectivity index (χ1v) is 7.21. The van der Waals surface area contributed by atoms with E-state index in [0.717, 1.165) is 26.9 Å². The van der Waals surface area contributed by atoms with Crippen LogP contribution >= 0.6 is 15.9 Å². The van der Waals surface area contributed by atoms with Crippen LogP contribution in [0.15, 0.2) is 65.1 Å². The van der Waals surface area contributed by atoms with Gasteiger partial charge in [0.15, 0.2) is 0 Å². The van der Waals surface area contributed by atoms with Gasteiger partial charge in [0.05, 0.1) is 4.47 Å². The molecular formula is C17H14BrNO. The summed E-state index contributed by atoms with van der Waals surface area (Å²) in [5, 5.41) is 2.33. The molecule has 0 unspecified atom stereocenters. The smallest absolute Gasteiger partial charge is 0.142 e. The van der Waals surface area contributed by atoms with Crippen LogP contribution in [-0.4, -0.2) is 0 Å². The number of fused-ring (bicyclic) bond motifs is 1. The van der Waals surface area contributed by atoms with Crippen molar-refractivity contribution in [2.75, 3.05) is 0 Å². The van der Waals surface area contributed by atoms with Gasteiger partial charge in [-0.3, -0.25) is 0 Å². The third kappa shape index (κ3) is 2.55. The molecule has 0 heterocycles. The lowest BCUT2D eigenvalue weighted by Gasteiger charge is -2.10. The number of hydrogen-bond donors (Lipinski definition) is 1. The minimum absolute atomic E-state index is 0.542. The fourth-order valence-corrected chi connectivity index (χ4v) is 2.69. The molecule has 0 fully saturated rings. The predicted molar refractivity (Wildman–Crippen MR) is 86.1 cm³/mol. The van der Waals surface area contributed by atoms with E-state index in [-0.39, 0.29) is 0 Å². The largest absolute Gasteiger partial charge is 0.456 e. The standard InChI is InChI=1S/C17H14BrNO/c18-17-15-4-2-1-3-13(15)7-10-16(17)20-14-8-5-12(11-19)6-9-14/h1-10H,11,19H2. The summed E-state index contributed by atoms with van der Waals surface area (Å²) in [6.07, 6.45) is 0. The number of benzene rings is 3. The maximum absolute atomic E-state index is 5.93. The highest BCUT2D eigenvalue weighted by Crippen LogP contribution is 2.35. The van der Waals surface area contributed by atoms with E-state index in [9.17, 15) is 0 Å². The summed E-state index contributed by atoms with van der Waals surface area (Å²) in [5.74, 6) is 1.61. The van der Waals surface area contributed by atoms with Gasteiger partial charge in [0.25, 0.3) is 0 Å². The van der Waals surface area contributed by atoms with Gasteiger partial charge < -0.3 is 10.5 Å². The summed E-state index contributed by atoms with van der Waals surface area (Å²) in [6.45, 7) is 0.542. The van der Waals surface area contributed by atoms with Gasteiger partial charge in [-0.1, -0.05) is 42.5 Å². The first-order valence-electron chi connectivity index (χ1n) is 6.42. The second-order valence-electron chi connectivity index (χ2n) is 4.55. The maximum Gasteiger partial charge on any atom is 0.142 e. The van der Waals surface area contributed by atoms with E-state index in [1.54, 1.807) is 0 Å². The van der Waals surface area contributed by atoms with Crippen molar-refractivity contribution < 1.29 is 4.74 Å². The van der Waals surface area contributed by atoms with Crippen LogP contribution in [0.4, 0.5) is 0 Å². The SMILES string of the molecule is NCc1ccc(Oc2ccc3ccccc3c2Br)cc1. The average Bonchev–Trinajstić information content (AvgIpc) is 2.51. The predicted octanol–water partition coefficient (Wildman–Crippen LogP) is 4.85. The van der Waals surface area contributed by atoms with Crippen molar-refractivity contribution in [2.45, 2.75) is 6.54 Å². The van der Waals surface area contributed by atoms with Crippen molar-refractivity contribution in [3.8, 4) is 11.5 Å². The van der Waals surface area contributed by atoms with Gasteiger partial charge >= 0.3 is 0 Å². The average molecular weight is 328 g/mol. The second-order valence-corrected chi connectivity index (χ2v) is 5.34. The zero-order valence-electron chi connectivity index (χ0n) is 10.8. The Morgan fingerprint density at radius 3 is 2.40 bits per heavy atom. The molecule has 0 bridgehead atoms. The van der Waals surface area contributed by atoms with Crippen molar-refractivity contribution in [2.24, 2.45) is 5.73 Å². The summed E-state index contributed by atoms with van der Waals surface area (Å²) in [6, 6.07) is 20.1. The highest BCUT2D eigenvalue weighted by Gasteiger charge is 2.06. The topological polar surface area (TPSA) is 35.2 Å². The van der Waals surface area contributed by atoms with Gasteiger partial charge in [0.2, 0.25) is 0 Å². The Kier molecular flexibility index (Phi) is 3.72. The van der Waals surface area contributed by atoms with E-state index < -0.39 is 0 Å². The van der Waals surface area contributed by atoms with Gasteiger partial charge in [-0.2, -0.15) is 0 Å². The molecule has 0 saturated carbocycles. The molecule has 0 amide bonds. The van der Waals surface area contributed by atoms with Crippen molar-refractivity contribution in [3.05, 3.63) is 70.7 Å². The molecule has 3 aromatic carbocycles. The zero-order valence-corrected chi connectivity index (χ0v) is 12.4. The fraction of sp³-hybridized carbons (Fsp3) is 0.0588. The van der Waals surface area contributed by atoms with E-state index in [1.165, 1.54) is 5.39 Å². The van der Waals surface area contributed by atoms with Crippen LogP contribution in [0, 0.1) is 0 Å². The number of hydrogen-bond acceptors (Lipinski definition) is 2. The van der Waals surface area contributed by atoms with Crippen LogP contribution in [0.5, 0.6) is 11.5 Å². The highest BCUT2D eigenvalue weighted by molar-refractivity contribution is 9.10. The first kappa shape index (κ1) is 13.2. The third-order valence-electron chi connectivity index (χ3n) is 3.21. The lowest BCUT2D eigenvalue weighted by molar-refractivity contribution is 0.480. The van der Waals surface area contributed by atoms with Crippen molar-refractivity contribution in [1.29, 1.82) is 0 Å². The molecule has 0 aromatic heterocycles. The van der Waals surface area contributed by atoms with Crippen LogP contribution in [0.1, 0.15) is 5.56 Å². The summed E-state index contributed by atoms with van der Waals surface area (Å²) in [4.78, 5) is 0. The number of rotatable bonds is 3. The molecule has 0 saturated heterocycles. The Morgan fingerprint density at radius 2 is 1.65 bits per heavy atom. The molecule has 0 aliphatic carbocycles. The van der Waals surface area contributed by atoms with Crippen LogP contribution in [0.25, 0.3) is 10.8 Å². The Morgan fingerprint density at radius 1 is 0.900 bits per heavy atom. The molecule has 2 nitrogen and oxygen atoms in total. The number of halogens is 1. The number of nitrogens with two attached hydrogens (primary N) is 1. The minimum atomic E-state index is 0.542. The van der Waals surface area contributed by atoms with Crippen LogP contribution < -0.4 is 10.5 Å². The molecule has 0 aliphatic rings. The molecule has 3 heteroatoms. The molecule has 3 rings (SSSR count). The molecule has 20 heavy (non-hydrogen) atoms. The van der Waals surface area contributed by atoms with Gasteiger partial charge in [0, 0.05) is 6.54 Å². The Hall–Kier alpha value is -1.84. The highest BCUT2D eigenvalue weighted by atomic mass is 79.9. The Labute approximate surface area is 126 Å². The Balaban J connectivity index is 1.95. The Bertz CT molecular complexity index is 738. The molecule has 100 valence electrons. The van der Waals surface area contributed by atoms with Gasteiger partial charge in [-0.15, -0.1) is 0 Å². The maximum atomic E-state index is 5.93. The fourth-order valence-electron chi connectivity index (χ4n) is 2.11. The van der Waals surface area contributed by atoms with Gasteiger partial charge in [0.1, 0.15) is 11.5 Å². The summed E-state index contributed by atoms with van der Waals surface area (Å²) >= 11 is 3.62. The monoisotopic (exact) mass is 327 g/mol. The number of ether oxygens (including phenoxy) is 1. The molecule has 0 aliphatic heterocycles. The van der Waals surface area contributed by atoms with E-state index >= 15 is 0 Å². The van der Waals surface area contributed by atoms with Crippen molar-refractivity contribution in [1.82, 2.24) is 0 Å². The molecule has 2 N–H and O–H groups in total. The molecule has 0 radical (unpaired) electrons. The summed E-state index contributed by atoms with van der Waals surface area (Å²) < 4.78 is 6.90. The van der Waals surface area contributed by atoms with Crippen molar-refractivity contribution >= 4 is 26.7 Å².